The van der Waals surface area contributed by atoms with Crippen LogP contribution in [0.25, 0.3) is 0 Å². The van der Waals surface area contributed by atoms with E-state index in [-0.39, 0.29) is 5.84 Å². The molecular weight excluding hydrogens is 523 g/mol. The summed E-state index contributed by atoms with van der Waals surface area (Å²) in [4.78, 5) is 52.5. The third-order valence-corrected chi connectivity index (χ3v) is 5.98. The SMILES string of the molecule is CC(Cc1ccc(C(=O)Oc2ccc(C(=N)N)cc2)s1)C(=O)NCP(=O)(O)O.CC(F)(P)C(=O)O. The van der Waals surface area contributed by atoms with Gasteiger partial charge in [-0.1, -0.05) is 16.2 Å². The molecule has 7 N–H and O–H groups in total. The number of esters is 1. The number of thiophene rings is 1. The van der Waals surface area contributed by atoms with E-state index in [0.29, 0.717) is 22.6 Å². The first-order chi connectivity index (χ1) is 16.0. The summed E-state index contributed by atoms with van der Waals surface area (Å²) in [6.45, 7) is 2.59. The fraction of sp³-hybridized carbons (Fsp3) is 0.300. The Labute approximate surface area is 206 Å². The van der Waals surface area contributed by atoms with E-state index in [9.17, 15) is 23.3 Å². The molecule has 0 spiro atoms. The fourth-order valence-corrected chi connectivity index (χ4v) is 3.58. The van der Waals surface area contributed by atoms with Crippen molar-refractivity contribution in [2.75, 3.05) is 6.29 Å². The number of halogens is 1. The Morgan fingerprint density at radius 2 is 1.80 bits per heavy atom. The number of amides is 1. The number of carboxylic acid groups (broad SMARTS) is 1. The molecule has 1 aromatic heterocycles. The molecule has 192 valence electrons. The second kappa shape index (κ2) is 12.9. The molecule has 0 saturated carbocycles. The summed E-state index contributed by atoms with van der Waals surface area (Å²) in [6, 6.07) is 9.51. The number of benzene rings is 1. The molecule has 1 heterocycles. The number of carbonyl (C=O) groups is 3. The fourth-order valence-electron chi connectivity index (χ4n) is 2.21. The summed E-state index contributed by atoms with van der Waals surface area (Å²) >= 11 is 1.18. The van der Waals surface area contributed by atoms with Crippen molar-refractivity contribution < 1.29 is 43.0 Å². The first-order valence-corrected chi connectivity index (χ1v) is 13.0. The standard InChI is InChI=1S/C17H20N3O6PS.C3H6FO2P/c1-10(16(21)20-9-27(23,24)25)8-13-6-7-14(28-13)17(22)26-12-4-2-11(3-5-12)15(18)19;1-3(4,7)2(5)6/h2-7,10H,8-9H2,1H3,(H3,18,19)(H,20,21)(H2,23,24,25);7H2,1H3,(H,5,6). The Balaban J connectivity index is 0.000000762. The van der Waals surface area contributed by atoms with Crippen molar-refractivity contribution in [3.63, 3.8) is 0 Å². The molecule has 11 nitrogen and oxygen atoms in total. The topological polar surface area (TPSA) is 200 Å². The van der Waals surface area contributed by atoms with Crippen LogP contribution in [0.1, 0.15) is 34.0 Å². The maximum atomic E-state index is 12.2. The van der Waals surface area contributed by atoms with Crippen molar-refractivity contribution in [1.82, 2.24) is 5.32 Å². The monoisotopic (exact) mass is 549 g/mol. The molecule has 3 atom stereocenters. The molecule has 3 unspecified atom stereocenters. The maximum Gasteiger partial charge on any atom is 0.353 e. The minimum atomic E-state index is -4.30. The van der Waals surface area contributed by atoms with E-state index < -0.39 is 43.1 Å². The number of carboxylic acids is 1. The van der Waals surface area contributed by atoms with Crippen LogP contribution in [-0.2, 0) is 20.6 Å². The van der Waals surface area contributed by atoms with Crippen LogP contribution in [0.5, 0.6) is 5.75 Å². The highest BCUT2D eigenvalue weighted by Gasteiger charge is 2.25. The summed E-state index contributed by atoms with van der Waals surface area (Å²) < 4.78 is 28.0. The maximum absolute atomic E-state index is 12.2. The van der Waals surface area contributed by atoms with E-state index in [1.165, 1.54) is 23.5 Å². The predicted molar refractivity (Wildman–Crippen MR) is 132 cm³/mol. The van der Waals surface area contributed by atoms with Crippen molar-refractivity contribution in [1.29, 1.82) is 5.41 Å². The number of nitrogens with one attached hydrogen (secondary N) is 2. The first kappa shape index (κ1) is 30.3. The molecule has 0 aliphatic heterocycles. The second-order valence-corrected chi connectivity index (χ2v) is 11.3. The lowest BCUT2D eigenvalue weighted by molar-refractivity contribution is -0.144. The third kappa shape index (κ3) is 11.5. The van der Waals surface area contributed by atoms with Gasteiger partial charge in [-0.3, -0.25) is 14.8 Å². The molecular formula is C20H26FN3O8P2S. The Bertz CT molecular complexity index is 1110. The van der Waals surface area contributed by atoms with Crippen molar-refractivity contribution in [3.8, 4) is 5.75 Å². The van der Waals surface area contributed by atoms with Crippen LogP contribution >= 0.6 is 28.2 Å². The summed E-state index contributed by atoms with van der Waals surface area (Å²) in [6.07, 6.45) is -0.390. The molecule has 0 aliphatic carbocycles. The average Bonchev–Trinajstić information content (AvgIpc) is 3.20. The van der Waals surface area contributed by atoms with Crippen LogP contribution in [0, 0.1) is 11.3 Å². The molecule has 0 bridgehead atoms. The van der Waals surface area contributed by atoms with Gasteiger partial charge in [-0.15, -0.1) is 11.3 Å². The van der Waals surface area contributed by atoms with Crippen LogP contribution in [0.4, 0.5) is 4.39 Å². The van der Waals surface area contributed by atoms with Crippen molar-refractivity contribution in [2.24, 2.45) is 11.7 Å². The molecule has 0 radical (unpaired) electrons. The van der Waals surface area contributed by atoms with Gasteiger partial charge < -0.3 is 30.7 Å². The van der Waals surface area contributed by atoms with E-state index in [4.69, 9.17) is 30.8 Å². The Morgan fingerprint density at radius 3 is 2.26 bits per heavy atom. The highest BCUT2D eigenvalue weighted by Crippen LogP contribution is 2.32. The summed E-state index contributed by atoms with van der Waals surface area (Å²) in [7, 11) is -2.74. The quantitative estimate of drug-likeness (QED) is 0.0893. The van der Waals surface area contributed by atoms with Crippen LogP contribution in [-0.4, -0.2) is 50.3 Å². The number of aliphatic carboxylic acids is 1. The van der Waals surface area contributed by atoms with Crippen molar-refractivity contribution in [2.45, 2.75) is 25.7 Å². The van der Waals surface area contributed by atoms with E-state index in [2.05, 4.69) is 5.32 Å². The van der Waals surface area contributed by atoms with Gasteiger partial charge in [-0.2, -0.15) is 0 Å². The second-order valence-electron chi connectivity index (χ2n) is 7.44. The number of nitrogens with two attached hydrogens (primary N) is 1. The average molecular weight is 549 g/mol. The first-order valence-electron chi connectivity index (χ1n) is 9.78. The van der Waals surface area contributed by atoms with E-state index in [1.54, 1.807) is 40.4 Å². The summed E-state index contributed by atoms with van der Waals surface area (Å²) in [5.74, 6) is -2.78. The third-order valence-electron chi connectivity index (χ3n) is 4.07. The van der Waals surface area contributed by atoms with E-state index >= 15 is 0 Å². The molecule has 15 heteroatoms. The van der Waals surface area contributed by atoms with Gasteiger partial charge in [-0.05, 0) is 49.7 Å². The van der Waals surface area contributed by atoms with Crippen LogP contribution in [0.15, 0.2) is 36.4 Å². The predicted octanol–water partition coefficient (Wildman–Crippen LogP) is 2.31. The van der Waals surface area contributed by atoms with Crippen molar-refractivity contribution in [3.05, 3.63) is 51.7 Å². The van der Waals surface area contributed by atoms with Gasteiger partial charge in [0.05, 0.1) is 0 Å². The molecule has 1 aromatic carbocycles. The molecule has 1 amide bonds. The molecule has 0 saturated heterocycles. The smallest absolute Gasteiger partial charge is 0.353 e. The zero-order valence-electron chi connectivity index (χ0n) is 18.7. The van der Waals surface area contributed by atoms with Crippen LogP contribution in [0.3, 0.4) is 0 Å². The number of ether oxygens (including phenoxy) is 1. The Hall–Kier alpha value is -2.69. The van der Waals surface area contributed by atoms with Gasteiger partial charge in [0, 0.05) is 16.4 Å². The lowest BCUT2D eigenvalue weighted by atomic mass is 10.1. The number of rotatable bonds is 9. The lowest BCUT2D eigenvalue weighted by Gasteiger charge is -2.11. The largest absolute Gasteiger partial charge is 0.479 e. The zero-order chi connectivity index (χ0) is 27.0. The number of hydrogen-bond donors (Lipinski definition) is 6. The normalized spacial score (nSPS) is 13.4. The van der Waals surface area contributed by atoms with Gasteiger partial charge >= 0.3 is 19.5 Å². The Morgan fingerprint density at radius 1 is 1.26 bits per heavy atom. The van der Waals surface area contributed by atoms with Gasteiger partial charge in [0.2, 0.25) is 11.3 Å². The molecule has 35 heavy (non-hydrogen) atoms. The number of amidine groups is 1. The number of nitrogen functional groups attached to an aromatic ring is 1. The molecule has 0 aliphatic rings. The van der Waals surface area contributed by atoms with Gasteiger partial charge in [0.25, 0.3) is 0 Å². The van der Waals surface area contributed by atoms with Gasteiger partial charge in [-0.25, -0.2) is 14.0 Å². The number of alkyl halides is 1. The number of hydrogen-bond acceptors (Lipinski definition) is 7. The summed E-state index contributed by atoms with van der Waals surface area (Å²) in [5.41, 5.74) is 5.89. The molecule has 2 rings (SSSR count). The van der Waals surface area contributed by atoms with Crippen LogP contribution < -0.4 is 15.8 Å². The van der Waals surface area contributed by atoms with Crippen molar-refractivity contribution >= 4 is 51.9 Å². The Kier molecular flexibility index (Phi) is 11.1. The minimum absolute atomic E-state index is 0.0836. The van der Waals surface area contributed by atoms with Crippen LogP contribution in [0.2, 0.25) is 0 Å². The van der Waals surface area contributed by atoms with E-state index in [1.807, 2.05) is 0 Å². The highest BCUT2D eigenvalue weighted by atomic mass is 32.1. The molecule has 0 fully saturated rings. The number of carbonyl (C=O) groups excluding carboxylic acids is 2. The highest BCUT2D eigenvalue weighted by molar-refractivity contribution is 7.51. The zero-order valence-corrected chi connectivity index (χ0v) is 21.6. The van der Waals surface area contributed by atoms with Gasteiger partial charge in [0.1, 0.15) is 22.7 Å². The summed E-state index contributed by atoms with van der Waals surface area (Å²) in [5, 5.41) is 15.2. The molecule has 2 aromatic rings. The lowest BCUT2D eigenvalue weighted by Crippen LogP contribution is -2.30. The minimum Gasteiger partial charge on any atom is -0.479 e. The van der Waals surface area contributed by atoms with Gasteiger partial charge in [0.15, 0.2) is 0 Å². The van der Waals surface area contributed by atoms with E-state index in [0.717, 1.165) is 11.8 Å².